The molecule has 6 nitrogen and oxygen atoms in total. The van der Waals surface area contributed by atoms with E-state index in [-0.39, 0.29) is 6.03 Å². The summed E-state index contributed by atoms with van der Waals surface area (Å²) < 4.78 is 17.7. The molecule has 0 radical (unpaired) electrons. The molecule has 1 fully saturated rings. The number of alkyl halides is 1. The van der Waals surface area contributed by atoms with E-state index in [0.717, 1.165) is 42.1 Å². The Morgan fingerprint density at radius 3 is 2.52 bits per heavy atom. The zero-order valence-corrected chi connectivity index (χ0v) is 17.4. The normalized spacial score (nSPS) is 18.4. The number of fused-ring (bicyclic) bond motifs is 2. The number of aromatic nitrogens is 2. The predicted molar refractivity (Wildman–Crippen MR) is 112 cm³/mol. The van der Waals surface area contributed by atoms with E-state index in [9.17, 15) is 9.18 Å². The first-order valence-electron chi connectivity index (χ1n) is 10.4. The zero-order chi connectivity index (χ0) is 20.0. The molecule has 1 aromatic carbocycles. The summed E-state index contributed by atoms with van der Waals surface area (Å²) in [6, 6.07) is 4.11. The van der Waals surface area contributed by atoms with Crippen LogP contribution in [0.15, 0.2) is 17.2 Å². The number of carbonyl (C=O) groups is 1. The van der Waals surface area contributed by atoms with Crippen molar-refractivity contribution in [3.63, 3.8) is 0 Å². The fourth-order valence-corrected chi connectivity index (χ4v) is 5.35. The summed E-state index contributed by atoms with van der Waals surface area (Å²) in [6.45, 7) is 1.65. The lowest BCUT2D eigenvalue weighted by Crippen LogP contribution is -2.47. The Balaban J connectivity index is 1.23. The number of likely N-dealkylation sites (tertiary alicyclic amines) is 1. The number of urea groups is 1. The van der Waals surface area contributed by atoms with Gasteiger partial charge in [0.15, 0.2) is 0 Å². The van der Waals surface area contributed by atoms with Crippen LogP contribution >= 0.6 is 11.9 Å². The minimum Gasteiger partial charge on any atom is -0.307 e. The molecular weight excluding hydrogens is 389 g/mol. The Morgan fingerprint density at radius 2 is 1.86 bits per heavy atom. The van der Waals surface area contributed by atoms with Crippen molar-refractivity contribution in [1.82, 2.24) is 19.4 Å². The first kappa shape index (κ1) is 18.9. The second-order valence-electron chi connectivity index (χ2n) is 8.28. The zero-order valence-electron chi connectivity index (χ0n) is 16.6. The Bertz CT molecular complexity index is 921. The summed E-state index contributed by atoms with van der Waals surface area (Å²) in [6.07, 6.45) is 5.95. The largest absolute Gasteiger partial charge is 0.329 e. The van der Waals surface area contributed by atoms with Crippen LogP contribution < -0.4 is 10.0 Å². The standard InChI is InChI=1S/C21H26FN5OS/c1-26-16(12-27-10-15(22)11-27)9-19(24-26)29-25-21(28)23-20-17-6-2-4-13(17)8-14-5-3-7-18(14)20/h8-9,15H,2-7,10-12H2,1H3,(H2,23,25,28). The number of rotatable bonds is 5. The van der Waals surface area contributed by atoms with E-state index < -0.39 is 6.17 Å². The topological polar surface area (TPSA) is 62.2 Å². The molecule has 8 heteroatoms. The van der Waals surface area contributed by atoms with Crippen molar-refractivity contribution in [1.29, 1.82) is 0 Å². The maximum absolute atomic E-state index is 13.0. The van der Waals surface area contributed by atoms with E-state index >= 15 is 0 Å². The lowest BCUT2D eigenvalue weighted by molar-refractivity contribution is 0.0570. The van der Waals surface area contributed by atoms with Crippen molar-refractivity contribution in [2.45, 2.75) is 56.3 Å². The third kappa shape index (κ3) is 3.75. The third-order valence-electron chi connectivity index (χ3n) is 6.21. The van der Waals surface area contributed by atoms with Crippen LogP contribution in [-0.4, -0.2) is 40.0 Å². The average molecular weight is 416 g/mol. The Morgan fingerprint density at radius 1 is 1.17 bits per heavy atom. The molecule has 5 rings (SSSR count). The molecule has 2 heterocycles. The Kier molecular flexibility index (Phi) is 4.99. The number of anilines is 1. The second kappa shape index (κ2) is 7.65. The van der Waals surface area contributed by atoms with Crippen molar-refractivity contribution < 1.29 is 9.18 Å². The highest BCUT2D eigenvalue weighted by Crippen LogP contribution is 2.38. The van der Waals surface area contributed by atoms with Crippen molar-refractivity contribution in [2.75, 3.05) is 18.4 Å². The molecule has 154 valence electrons. The lowest BCUT2D eigenvalue weighted by atomic mass is 9.99. The minimum absolute atomic E-state index is 0.209. The van der Waals surface area contributed by atoms with Crippen molar-refractivity contribution in [2.24, 2.45) is 7.05 Å². The molecular formula is C21H26FN5OS. The number of carbonyl (C=O) groups excluding carboxylic acids is 1. The van der Waals surface area contributed by atoms with Crippen LogP contribution in [0.25, 0.3) is 0 Å². The summed E-state index contributed by atoms with van der Waals surface area (Å²) in [5, 5.41) is 8.32. The van der Waals surface area contributed by atoms with Crippen molar-refractivity contribution in [3.8, 4) is 0 Å². The van der Waals surface area contributed by atoms with Crippen LogP contribution in [0.4, 0.5) is 14.9 Å². The maximum atomic E-state index is 13.0. The molecule has 0 atom stereocenters. The summed E-state index contributed by atoms with van der Waals surface area (Å²) in [5.41, 5.74) is 7.53. The van der Waals surface area contributed by atoms with E-state index in [2.05, 4.69) is 21.2 Å². The van der Waals surface area contributed by atoms with Crippen LogP contribution in [0.2, 0.25) is 0 Å². The van der Waals surface area contributed by atoms with Gasteiger partial charge in [-0.05, 0) is 66.8 Å². The summed E-state index contributed by atoms with van der Waals surface area (Å²) in [5.74, 6) is 0. The molecule has 0 spiro atoms. The first-order chi connectivity index (χ1) is 14.1. The van der Waals surface area contributed by atoms with Crippen LogP contribution in [0.3, 0.4) is 0 Å². The van der Waals surface area contributed by atoms with Crippen LogP contribution in [0.1, 0.15) is 40.8 Å². The van der Waals surface area contributed by atoms with Crippen LogP contribution in [-0.2, 0) is 39.3 Å². The van der Waals surface area contributed by atoms with Gasteiger partial charge in [0.1, 0.15) is 11.2 Å². The van der Waals surface area contributed by atoms with Crippen LogP contribution in [0.5, 0.6) is 0 Å². The smallest absolute Gasteiger partial charge is 0.307 e. The number of nitrogens with zero attached hydrogens (tertiary/aromatic N) is 3. The van der Waals surface area contributed by atoms with Gasteiger partial charge in [0.25, 0.3) is 0 Å². The minimum atomic E-state index is -0.705. The summed E-state index contributed by atoms with van der Waals surface area (Å²) >= 11 is 1.22. The average Bonchev–Trinajstić information content (AvgIpc) is 3.39. The molecule has 3 aliphatic rings. The highest BCUT2D eigenvalue weighted by Gasteiger charge is 2.27. The van der Waals surface area contributed by atoms with Gasteiger partial charge in [0, 0.05) is 44.3 Å². The van der Waals surface area contributed by atoms with Gasteiger partial charge in [-0.2, -0.15) is 5.10 Å². The summed E-state index contributed by atoms with van der Waals surface area (Å²) in [4.78, 5) is 14.7. The molecule has 0 bridgehead atoms. The van der Waals surface area contributed by atoms with Crippen molar-refractivity contribution >= 4 is 23.7 Å². The molecule has 0 saturated carbocycles. The number of hydrogen-bond acceptors (Lipinski definition) is 4. The number of hydrogen-bond donors (Lipinski definition) is 2. The molecule has 2 aromatic rings. The number of amides is 2. The van der Waals surface area contributed by atoms with E-state index in [4.69, 9.17) is 0 Å². The van der Waals surface area contributed by atoms with Gasteiger partial charge in [0.05, 0.1) is 5.69 Å². The van der Waals surface area contributed by atoms with Crippen LogP contribution in [0, 0.1) is 0 Å². The second-order valence-corrected chi connectivity index (χ2v) is 9.11. The number of aryl methyl sites for hydroxylation is 3. The number of nitrogens with one attached hydrogen (secondary N) is 2. The fraction of sp³-hybridized carbons (Fsp3) is 0.524. The van der Waals surface area contributed by atoms with E-state index in [1.54, 1.807) is 4.68 Å². The molecule has 2 aliphatic carbocycles. The molecule has 0 unspecified atom stereocenters. The molecule has 29 heavy (non-hydrogen) atoms. The Labute approximate surface area is 174 Å². The monoisotopic (exact) mass is 415 g/mol. The molecule has 1 aromatic heterocycles. The molecule has 2 N–H and O–H groups in total. The highest BCUT2D eigenvalue weighted by atomic mass is 32.2. The molecule has 2 amide bonds. The summed E-state index contributed by atoms with van der Waals surface area (Å²) in [7, 11) is 1.88. The maximum Gasteiger partial charge on any atom is 0.329 e. The van der Waals surface area contributed by atoms with Gasteiger partial charge in [-0.1, -0.05) is 6.07 Å². The van der Waals surface area contributed by atoms with E-state index in [0.29, 0.717) is 19.6 Å². The van der Waals surface area contributed by atoms with Crippen molar-refractivity contribution in [3.05, 3.63) is 40.1 Å². The third-order valence-corrected chi connectivity index (χ3v) is 6.91. The van der Waals surface area contributed by atoms with Gasteiger partial charge >= 0.3 is 6.03 Å². The molecule has 1 aliphatic heterocycles. The van der Waals surface area contributed by atoms with Gasteiger partial charge in [-0.25, -0.2) is 9.18 Å². The fourth-order valence-electron chi connectivity index (χ4n) is 4.74. The van der Waals surface area contributed by atoms with E-state index in [1.807, 2.05) is 18.0 Å². The Hall–Kier alpha value is -2.06. The quantitative estimate of drug-likeness (QED) is 0.735. The van der Waals surface area contributed by atoms with Gasteiger partial charge in [-0.15, -0.1) is 0 Å². The number of halogens is 1. The first-order valence-corrected chi connectivity index (χ1v) is 11.2. The van der Waals surface area contributed by atoms with E-state index in [1.165, 1.54) is 47.0 Å². The highest BCUT2D eigenvalue weighted by molar-refractivity contribution is 7.97. The van der Waals surface area contributed by atoms with Gasteiger partial charge in [-0.3, -0.25) is 14.3 Å². The SMILES string of the molecule is Cn1nc(SNC(=O)Nc2c3c(cc4c2CCC4)CCC3)cc1CN1CC(F)C1. The van der Waals surface area contributed by atoms with Gasteiger partial charge < -0.3 is 5.32 Å². The van der Waals surface area contributed by atoms with Gasteiger partial charge in [0.2, 0.25) is 0 Å². The number of benzene rings is 1. The molecule has 1 saturated heterocycles. The predicted octanol–water partition coefficient (Wildman–Crippen LogP) is 3.38. The lowest BCUT2D eigenvalue weighted by Gasteiger charge is -2.33.